The Morgan fingerprint density at radius 3 is 2.85 bits per heavy atom. The summed E-state index contributed by atoms with van der Waals surface area (Å²) >= 11 is 1.55. The maximum absolute atomic E-state index is 12.6. The highest BCUT2D eigenvalue weighted by Crippen LogP contribution is 2.31. The molecule has 0 radical (unpaired) electrons. The fourth-order valence-corrected chi connectivity index (χ4v) is 4.62. The Bertz CT molecular complexity index is 701. The first kappa shape index (κ1) is 18.7. The lowest BCUT2D eigenvalue weighted by Crippen LogP contribution is -2.45. The molecule has 26 heavy (non-hydrogen) atoms. The van der Waals surface area contributed by atoms with E-state index in [1.807, 2.05) is 0 Å². The lowest BCUT2D eigenvalue weighted by atomic mass is 10.1. The zero-order valence-corrected chi connectivity index (χ0v) is 15.4. The Hall–Kier alpha value is -2.10. The molecule has 1 aromatic rings. The van der Waals surface area contributed by atoms with E-state index in [9.17, 15) is 19.7 Å². The van der Waals surface area contributed by atoms with Crippen LogP contribution in [0.3, 0.4) is 0 Å². The topological polar surface area (TPSA) is 108 Å². The van der Waals surface area contributed by atoms with E-state index < -0.39 is 16.9 Å². The van der Waals surface area contributed by atoms with Crippen molar-refractivity contribution in [1.82, 2.24) is 14.5 Å². The molecule has 1 aliphatic carbocycles. The maximum atomic E-state index is 12.6. The number of ether oxygens (including phenoxy) is 1. The van der Waals surface area contributed by atoms with Crippen molar-refractivity contribution in [2.24, 2.45) is 5.92 Å². The van der Waals surface area contributed by atoms with Gasteiger partial charge >= 0.3 is 11.8 Å². The number of amides is 1. The van der Waals surface area contributed by atoms with Crippen LogP contribution >= 0.6 is 11.8 Å². The highest BCUT2D eigenvalue weighted by Gasteiger charge is 2.39. The van der Waals surface area contributed by atoms with Crippen molar-refractivity contribution in [1.29, 1.82) is 0 Å². The molecule has 142 valence electrons. The van der Waals surface area contributed by atoms with Crippen molar-refractivity contribution < 1.29 is 19.2 Å². The molecule has 3 rings (SSSR count). The molecule has 2 aliphatic rings. The lowest BCUT2D eigenvalue weighted by Gasteiger charge is -2.25. The van der Waals surface area contributed by atoms with Crippen LogP contribution in [0.5, 0.6) is 0 Å². The van der Waals surface area contributed by atoms with Gasteiger partial charge in [-0.3, -0.25) is 4.79 Å². The minimum Gasteiger partial charge on any atom is -0.460 e. The fraction of sp³-hybridized carbons (Fsp3) is 0.688. The summed E-state index contributed by atoms with van der Waals surface area (Å²) in [5.41, 5.74) is 0. The minimum absolute atomic E-state index is 0.00347. The summed E-state index contributed by atoms with van der Waals surface area (Å²) < 4.78 is 6.72. The normalized spacial score (nSPS) is 20.5. The third-order valence-corrected chi connectivity index (χ3v) is 5.93. The second-order valence-electron chi connectivity index (χ2n) is 6.54. The summed E-state index contributed by atoms with van der Waals surface area (Å²) in [5.74, 6) is 1.04. The Balaban J connectivity index is 1.55. The number of carbonyl (C=O) groups is 2. The average Bonchev–Trinajstić information content (AvgIpc) is 3.35. The molecule has 0 aromatic carbocycles. The van der Waals surface area contributed by atoms with Crippen molar-refractivity contribution in [2.75, 3.05) is 18.2 Å². The van der Waals surface area contributed by atoms with Gasteiger partial charge in [-0.2, -0.15) is 0 Å². The lowest BCUT2D eigenvalue weighted by molar-refractivity contribution is -0.392. The zero-order chi connectivity index (χ0) is 18.7. The first-order valence-corrected chi connectivity index (χ1v) is 9.86. The maximum Gasteiger partial charge on any atom is 0.342 e. The van der Waals surface area contributed by atoms with Gasteiger partial charge in [0.25, 0.3) is 0 Å². The number of esters is 1. The largest absolute Gasteiger partial charge is 0.460 e. The number of hydrogen-bond acceptors (Lipinski definition) is 7. The van der Waals surface area contributed by atoms with Crippen LogP contribution in [-0.4, -0.2) is 55.5 Å². The minimum atomic E-state index is -0.563. The van der Waals surface area contributed by atoms with Crippen LogP contribution < -0.4 is 0 Å². The molecular weight excluding hydrogens is 360 g/mol. The van der Waals surface area contributed by atoms with Gasteiger partial charge in [0, 0.05) is 18.6 Å². The van der Waals surface area contributed by atoms with Crippen molar-refractivity contribution in [2.45, 2.75) is 45.2 Å². The van der Waals surface area contributed by atoms with Gasteiger partial charge in [0.1, 0.15) is 25.4 Å². The van der Waals surface area contributed by atoms with E-state index in [2.05, 4.69) is 4.98 Å². The quantitative estimate of drug-likeness (QED) is 0.419. The van der Waals surface area contributed by atoms with Crippen LogP contribution in [0.1, 0.15) is 31.5 Å². The Kier molecular flexibility index (Phi) is 5.80. The fourth-order valence-electron chi connectivity index (χ4n) is 3.47. The summed E-state index contributed by atoms with van der Waals surface area (Å²) in [6.07, 6.45) is 5.11. The van der Waals surface area contributed by atoms with Crippen LogP contribution in [0.4, 0.5) is 5.82 Å². The molecule has 1 saturated carbocycles. The third kappa shape index (κ3) is 3.84. The van der Waals surface area contributed by atoms with Gasteiger partial charge < -0.3 is 19.8 Å². The number of nitrogens with zero attached hydrogens (tertiary/aromatic N) is 4. The number of nitro groups is 1. The summed E-state index contributed by atoms with van der Waals surface area (Å²) in [5, 5.41) is 11.0. The second-order valence-corrected chi connectivity index (χ2v) is 7.54. The van der Waals surface area contributed by atoms with Crippen LogP contribution in [0.15, 0.2) is 6.20 Å². The van der Waals surface area contributed by atoms with E-state index in [-0.39, 0.29) is 30.8 Å². The van der Waals surface area contributed by atoms with Gasteiger partial charge in [-0.25, -0.2) is 14.3 Å². The number of aromatic nitrogens is 2. The smallest absolute Gasteiger partial charge is 0.342 e. The molecule has 1 unspecified atom stereocenters. The molecule has 1 aliphatic heterocycles. The number of carbonyl (C=O) groups excluding carboxylic acids is 2. The van der Waals surface area contributed by atoms with E-state index in [0.717, 1.165) is 25.7 Å². The number of imidazole rings is 1. The summed E-state index contributed by atoms with van der Waals surface area (Å²) in [6.45, 7) is 1.82. The predicted octanol–water partition coefficient (Wildman–Crippen LogP) is 1.73. The molecule has 1 aromatic heterocycles. The number of hydrogen-bond donors (Lipinski definition) is 0. The number of aryl methyl sites for hydroxylation is 1. The van der Waals surface area contributed by atoms with Gasteiger partial charge in [0.05, 0.1) is 5.88 Å². The van der Waals surface area contributed by atoms with Crippen molar-refractivity contribution >= 4 is 29.5 Å². The highest BCUT2D eigenvalue weighted by atomic mass is 32.2. The molecule has 9 nitrogen and oxygen atoms in total. The molecule has 0 spiro atoms. The van der Waals surface area contributed by atoms with Crippen molar-refractivity contribution in [3.05, 3.63) is 22.1 Å². The second kappa shape index (κ2) is 8.07. The monoisotopic (exact) mass is 382 g/mol. The first-order valence-electron chi connectivity index (χ1n) is 8.70. The van der Waals surface area contributed by atoms with Gasteiger partial charge in [-0.1, -0.05) is 12.8 Å². The van der Waals surface area contributed by atoms with Crippen molar-refractivity contribution in [3.8, 4) is 0 Å². The molecule has 0 N–H and O–H groups in total. The van der Waals surface area contributed by atoms with Crippen molar-refractivity contribution in [3.63, 3.8) is 0 Å². The van der Waals surface area contributed by atoms with E-state index >= 15 is 0 Å². The van der Waals surface area contributed by atoms with E-state index in [4.69, 9.17) is 4.74 Å². The molecule has 2 fully saturated rings. The molecule has 0 bridgehead atoms. The predicted molar refractivity (Wildman–Crippen MR) is 94.5 cm³/mol. The molecule has 1 atom stereocenters. The highest BCUT2D eigenvalue weighted by molar-refractivity contribution is 7.99. The van der Waals surface area contributed by atoms with Crippen LogP contribution in [0, 0.1) is 23.0 Å². The molecule has 2 heterocycles. The number of rotatable bonds is 6. The molecule has 1 saturated heterocycles. The summed E-state index contributed by atoms with van der Waals surface area (Å²) in [4.78, 5) is 41.0. The first-order chi connectivity index (χ1) is 12.5. The Morgan fingerprint density at radius 1 is 1.42 bits per heavy atom. The van der Waals surface area contributed by atoms with Gasteiger partial charge in [0.2, 0.25) is 5.91 Å². The van der Waals surface area contributed by atoms with Crippen LogP contribution in [0.2, 0.25) is 0 Å². The standard InChI is InChI=1S/C16H22N4O5S/c1-11-17-8-14(20(23)24)18(11)6-7-25-16(22)13-9-26-10-19(13)15(21)12-4-2-3-5-12/h8,12-13H,2-7,9-10H2,1H3. The SMILES string of the molecule is Cc1ncc([N+](=O)[O-])n1CCOC(=O)C1CSCN1C(=O)C1CCCC1. The summed E-state index contributed by atoms with van der Waals surface area (Å²) in [7, 11) is 0. The molecule has 10 heteroatoms. The van der Waals surface area contributed by atoms with E-state index in [1.165, 1.54) is 10.8 Å². The van der Waals surface area contributed by atoms with Gasteiger partial charge in [0.15, 0.2) is 5.82 Å². The van der Waals surface area contributed by atoms with Gasteiger partial charge in [-0.15, -0.1) is 11.8 Å². The van der Waals surface area contributed by atoms with Crippen LogP contribution in [0.25, 0.3) is 0 Å². The Labute approximate surface area is 155 Å². The van der Waals surface area contributed by atoms with E-state index in [1.54, 1.807) is 23.6 Å². The number of thioether (sulfide) groups is 1. The van der Waals surface area contributed by atoms with E-state index in [0.29, 0.717) is 17.5 Å². The van der Waals surface area contributed by atoms with Gasteiger partial charge in [-0.05, 0) is 17.8 Å². The molecular formula is C16H22N4O5S. The average molecular weight is 382 g/mol. The molecule has 1 amide bonds. The zero-order valence-electron chi connectivity index (χ0n) is 14.6. The third-order valence-electron chi connectivity index (χ3n) is 4.92. The van der Waals surface area contributed by atoms with Crippen LogP contribution in [-0.2, 0) is 20.9 Å². The Morgan fingerprint density at radius 2 is 2.15 bits per heavy atom. The summed E-state index contributed by atoms with van der Waals surface area (Å²) in [6, 6.07) is -0.563.